The lowest BCUT2D eigenvalue weighted by atomic mass is 9.82. The number of carbonyl (C=O) groups excluding carboxylic acids is 1. The predicted molar refractivity (Wildman–Crippen MR) is 108 cm³/mol. The number of halogens is 1. The molecule has 3 aromatic rings. The molecule has 0 aliphatic carbocycles. The minimum atomic E-state index is -3.46. The molecule has 2 aliphatic rings. The van der Waals surface area contributed by atoms with Gasteiger partial charge in [0.15, 0.2) is 9.84 Å². The standard InChI is InChI=1S/C21H20FN3O5S/c1-12-9-16(13(2)29-12)20(26)25-10-21(11-25)17(7-8-31(21,27)28)19-23-18(24-30-19)14-3-5-15(22)6-4-14/h3-6,9,17H,7-8,10-11H2,1-2H3. The fourth-order valence-electron chi connectivity index (χ4n) is 4.57. The van der Waals surface area contributed by atoms with Gasteiger partial charge in [-0.05, 0) is 50.6 Å². The first-order chi connectivity index (χ1) is 14.7. The third-order valence-corrected chi connectivity index (χ3v) is 8.80. The Morgan fingerprint density at radius 2 is 1.94 bits per heavy atom. The molecule has 162 valence electrons. The van der Waals surface area contributed by atoms with E-state index in [9.17, 15) is 17.6 Å². The largest absolute Gasteiger partial charge is 0.466 e. The highest BCUT2D eigenvalue weighted by atomic mass is 32.2. The van der Waals surface area contributed by atoms with Crippen LogP contribution in [0.15, 0.2) is 39.3 Å². The molecular weight excluding hydrogens is 425 g/mol. The quantitative estimate of drug-likeness (QED) is 0.610. The molecule has 1 spiro atoms. The first-order valence-corrected chi connectivity index (χ1v) is 11.5. The number of nitrogens with zero attached hydrogens (tertiary/aromatic N) is 3. The maximum atomic E-state index is 13.2. The maximum Gasteiger partial charge on any atom is 0.257 e. The van der Waals surface area contributed by atoms with Crippen LogP contribution in [0.5, 0.6) is 0 Å². The SMILES string of the molecule is Cc1cc(C(=O)N2CC3(C2)C(c2nc(-c4ccc(F)cc4)no2)CCS3(=O)=O)c(C)o1. The highest BCUT2D eigenvalue weighted by Crippen LogP contribution is 2.50. The van der Waals surface area contributed by atoms with Crippen molar-refractivity contribution < 1.29 is 26.5 Å². The van der Waals surface area contributed by atoms with Crippen molar-refractivity contribution in [2.75, 3.05) is 18.8 Å². The first kappa shape index (κ1) is 19.9. The second kappa shape index (κ2) is 6.74. The summed E-state index contributed by atoms with van der Waals surface area (Å²) in [6.45, 7) is 3.60. The highest BCUT2D eigenvalue weighted by molar-refractivity contribution is 7.93. The van der Waals surface area contributed by atoms with Gasteiger partial charge in [0, 0.05) is 18.7 Å². The summed E-state index contributed by atoms with van der Waals surface area (Å²) in [7, 11) is -3.46. The number of carbonyl (C=O) groups is 1. The van der Waals surface area contributed by atoms with E-state index in [1.807, 2.05) is 0 Å². The lowest BCUT2D eigenvalue weighted by Crippen LogP contribution is -2.67. The van der Waals surface area contributed by atoms with Crippen molar-refractivity contribution in [2.45, 2.75) is 30.9 Å². The molecule has 2 saturated heterocycles. The van der Waals surface area contributed by atoms with Crippen LogP contribution in [0.2, 0.25) is 0 Å². The van der Waals surface area contributed by atoms with Gasteiger partial charge in [0.05, 0.1) is 17.2 Å². The van der Waals surface area contributed by atoms with E-state index < -0.39 is 20.5 Å². The summed E-state index contributed by atoms with van der Waals surface area (Å²) in [6.07, 6.45) is 0.346. The van der Waals surface area contributed by atoms with Crippen LogP contribution in [0.25, 0.3) is 11.4 Å². The van der Waals surface area contributed by atoms with Crippen molar-refractivity contribution in [3.8, 4) is 11.4 Å². The number of furan rings is 1. The van der Waals surface area contributed by atoms with Crippen LogP contribution in [0, 0.1) is 19.7 Å². The molecule has 0 N–H and O–H groups in total. The number of hydrogen-bond donors (Lipinski definition) is 0. The van der Waals surface area contributed by atoms with Crippen molar-refractivity contribution in [1.29, 1.82) is 0 Å². The number of aromatic nitrogens is 2. The normalized spacial score (nSPS) is 21.4. The van der Waals surface area contributed by atoms with Crippen LogP contribution >= 0.6 is 0 Å². The van der Waals surface area contributed by atoms with Crippen molar-refractivity contribution in [3.05, 3.63) is 59.1 Å². The van der Waals surface area contributed by atoms with Gasteiger partial charge in [0.2, 0.25) is 11.7 Å². The fourth-order valence-corrected chi connectivity index (χ4v) is 6.88. The number of aryl methyl sites for hydroxylation is 2. The Balaban J connectivity index is 1.42. The molecule has 10 heteroatoms. The molecule has 2 aliphatic heterocycles. The van der Waals surface area contributed by atoms with Crippen LogP contribution in [-0.2, 0) is 9.84 Å². The van der Waals surface area contributed by atoms with Crippen LogP contribution in [0.3, 0.4) is 0 Å². The molecule has 2 aromatic heterocycles. The minimum Gasteiger partial charge on any atom is -0.466 e. The van der Waals surface area contributed by atoms with Gasteiger partial charge in [-0.25, -0.2) is 12.8 Å². The van der Waals surface area contributed by atoms with Crippen molar-refractivity contribution in [1.82, 2.24) is 15.0 Å². The summed E-state index contributed by atoms with van der Waals surface area (Å²) in [4.78, 5) is 18.8. The number of likely N-dealkylation sites (tertiary alicyclic amines) is 1. The summed E-state index contributed by atoms with van der Waals surface area (Å²) in [5.74, 6) is 0.493. The first-order valence-electron chi connectivity index (χ1n) is 9.88. The summed E-state index contributed by atoms with van der Waals surface area (Å²) in [5.41, 5.74) is 1.01. The van der Waals surface area contributed by atoms with E-state index in [0.29, 0.717) is 29.1 Å². The molecule has 0 bridgehead atoms. The molecule has 1 unspecified atom stereocenters. The average Bonchev–Trinajstić information content (AvgIpc) is 3.36. The molecular formula is C21H20FN3O5S. The molecule has 1 amide bonds. The zero-order valence-electron chi connectivity index (χ0n) is 17.0. The number of hydrogen-bond acceptors (Lipinski definition) is 7. The van der Waals surface area contributed by atoms with Gasteiger partial charge in [-0.3, -0.25) is 4.79 Å². The Kier molecular flexibility index (Phi) is 4.34. The van der Waals surface area contributed by atoms with Gasteiger partial charge in [-0.1, -0.05) is 5.16 Å². The van der Waals surface area contributed by atoms with E-state index in [-0.39, 0.29) is 42.3 Å². The number of benzene rings is 1. The molecule has 1 aromatic carbocycles. The van der Waals surface area contributed by atoms with Gasteiger partial charge in [0.25, 0.3) is 5.91 Å². The zero-order chi connectivity index (χ0) is 22.0. The Hall–Kier alpha value is -3.01. The number of sulfone groups is 1. The molecule has 0 saturated carbocycles. The molecule has 5 rings (SSSR count). The third-order valence-electron chi connectivity index (χ3n) is 6.25. The minimum absolute atomic E-state index is 0.00218. The van der Waals surface area contributed by atoms with Crippen LogP contribution in [0.4, 0.5) is 4.39 Å². The fraction of sp³-hybridized carbons (Fsp3) is 0.381. The summed E-state index contributed by atoms with van der Waals surface area (Å²) >= 11 is 0. The molecule has 4 heterocycles. The second-order valence-corrected chi connectivity index (χ2v) is 10.6. The predicted octanol–water partition coefficient (Wildman–Crippen LogP) is 2.88. The zero-order valence-corrected chi connectivity index (χ0v) is 17.8. The van der Waals surface area contributed by atoms with E-state index in [1.165, 1.54) is 29.2 Å². The van der Waals surface area contributed by atoms with Gasteiger partial charge in [0.1, 0.15) is 22.1 Å². The highest BCUT2D eigenvalue weighted by Gasteiger charge is 2.64. The average molecular weight is 445 g/mol. The molecule has 2 fully saturated rings. The Morgan fingerprint density at radius 3 is 2.58 bits per heavy atom. The van der Waals surface area contributed by atoms with E-state index in [0.717, 1.165) is 0 Å². The van der Waals surface area contributed by atoms with Crippen LogP contribution in [0.1, 0.15) is 40.1 Å². The van der Waals surface area contributed by atoms with E-state index in [2.05, 4.69) is 10.1 Å². The van der Waals surface area contributed by atoms with E-state index in [1.54, 1.807) is 19.9 Å². The molecule has 8 nitrogen and oxygen atoms in total. The monoisotopic (exact) mass is 445 g/mol. The van der Waals surface area contributed by atoms with Crippen LogP contribution in [-0.4, -0.2) is 53.0 Å². The van der Waals surface area contributed by atoms with E-state index in [4.69, 9.17) is 8.94 Å². The summed E-state index contributed by atoms with van der Waals surface area (Å²) < 4.78 is 48.8. The van der Waals surface area contributed by atoms with Crippen molar-refractivity contribution in [3.63, 3.8) is 0 Å². The smallest absolute Gasteiger partial charge is 0.257 e. The van der Waals surface area contributed by atoms with Crippen LogP contribution < -0.4 is 0 Å². The summed E-state index contributed by atoms with van der Waals surface area (Å²) in [5, 5.41) is 3.95. The Labute approximate surface area is 178 Å². The van der Waals surface area contributed by atoms with Crippen molar-refractivity contribution >= 4 is 15.7 Å². The van der Waals surface area contributed by atoms with Crippen molar-refractivity contribution in [2.24, 2.45) is 0 Å². The van der Waals surface area contributed by atoms with Gasteiger partial charge < -0.3 is 13.8 Å². The van der Waals surface area contributed by atoms with E-state index >= 15 is 0 Å². The third kappa shape index (κ3) is 3.00. The molecule has 0 radical (unpaired) electrons. The van der Waals surface area contributed by atoms with Gasteiger partial charge in [-0.15, -0.1) is 0 Å². The Bertz CT molecular complexity index is 1270. The lowest BCUT2D eigenvalue weighted by Gasteiger charge is -2.48. The molecule has 1 atom stereocenters. The summed E-state index contributed by atoms with van der Waals surface area (Å²) in [6, 6.07) is 7.31. The van der Waals surface area contributed by atoms with Gasteiger partial charge in [-0.2, -0.15) is 4.98 Å². The van der Waals surface area contributed by atoms with Gasteiger partial charge >= 0.3 is 0 Å². The maximum absolute atomic E-state index is 13.2. The number of amides is 1. The number of rotatable bonds is 3. The topological polar surface area (TPSA) is 107 Å². The lowest BCUT2D eigenvalue weighted by molar-refractivity contribution is 0.0502. The molecule has 31 heavy (non-hydrogen) atoms. The Morgan fingerprint density at radius 1 is 1.23 bits per heavy atom. The second-order valence-electron chi connectivity index (χ2n) is 8.18.